The lowest BCUT2D eigenvalue weighted by Crippen LogP contribution is -2.09. The van der Waals surface area contributed by atoms with Crippen LogP contribution in [0.1, 0.15) is 20.8 Å². The molecule has 0 radical (unpaired) electrons. The van der Waals surface area contributed by atoms with Crippen LogP contribution in [0.3, 0.4) is 0 Å². The van der Waals surface area contributed by atoms with E-state index in [1.807, 2.05) is 5.38 Å². The minimum Gasteiger partial charge on any atom is -0.506 e. The van der Waals surface area contributed by atoms with Crippen LogP contribution < -0.4 is 10.6 Å². The first-order valence-corrected chi connectivity index (χ1v) is 7.16. The Morgan fingerprint density at radius 2 is 2.15 bits per heavy atom. The van der Waals surface area contributed by atoms with E-state index in [1.165, 1.54) is 18.3 Å². The SMILES string of the molecule is CC(=O)Nc1cc(-c2csc(NC(C)C)n2)ccc1O. The maximum atomic E-state index is 11.1. The lowest BCUT2D eigenvalue weighted by Gasteiger charge is -2.07. The molecule has 6 heteroatoms. The van der Waals surface area contributed by atoms with E-state index in [0.717, 1.165) is 16.4 Å². The Morgan fingerprint density at radius 3 is 2.80 bits per heavy atom. The summed E-state index contributed by atoms with van der Waals surface area (Å²) >= 11 is 1.52. The quantitative estimate of drug-likeness (QED) is 0.756. The summed E-state index contributed by atoms with van der Waals surface area (Å²) in [6.45, 7) is 5.51. The molecule has 0 saturated heterocycles. The fourth-order valence-electron chi connectivity index (χ4n) is 1.70. The number of rotatable bonds is 4. The lowest BCUT2D eigenvalue weighted by molar-refractivity contribution is -0.114. The number of nitrogens with zero attached hydrogens (tertiary/aromatic N) is 1. The van der Waals surface area contributed by atoms with Crippen LogP contribution in [-0.2, 0) is 4.79 Å². The number of thiazole rings is 1. The Labute approximate surface area is 121 Å². The number of hydrogen-bond donors (Lipinski definition) is 3. The number of aromatic hydroxyl groups is 1. The van der Waals surface area contributed by atoms with Gasteiger partial charge in [-0.25, -0.2) is 4.98 Å². The van der Waals surface area contributed by atoms with Crippen molar-refractivity contribution in [2.45, 2.75) is 26.8 Å². The standard InChI is InChI=1S/C14H17N3O2S/c1-8(2)15-14-17-12(7-20-14)10-4-5-13(19)11(6-10)16-9(3)18/h4-8,19H,1-3H3,(H,15,17)(H,16,18). The number of carbonyl (C=O) groups excluding carboxylic acids is 1. The predicted molar refractivity (Wildman–Crippen MR) is 82.3 cm³/mol. The highest BCUT2D eigenvalue weighted by Crippen LogP contribution is 2.31. The average Bonchev–Trinajstić information content (AvgIpc) is 2.79. The second kappa shape index (κ2) is 5.92. The van der Waals surface area contributed by atoms with Crippen molar-refractivity contribution in [2.24, 2.45) is 0 Å². The third-order valence-electron chi connectivity index (χ3n) is 2.52. The van der Waals surface area contributed by atoms with Crippen molar-refractivity contribution < 1.29 is 9.90 Å². The zero-order valence-corrected chi connectivity index (χ0v) is 12.4. The summed E-state index contributed by atoms with van der Waals surface area (Å²) in [6, 6.07) is 5.36. The third-order valence-corrected chi connectivity index (χ3v) is 3.29. The number of nitrogens with one attached hydrogen (secondary N) is 2. The first kappa shape index (κ1) is 14.3. The number of benzene rings is 1. The minimum absolute atomic E-state index is 0.0414. The summed E-state index contributed by atoms with van der Waals surface area (Å²) < 4.78 is 0. The van der Waals surface area contributed by atoms with Crippen molar-refractivity contribution in [3.63, 3.8) is 0 Å². The van der Waals surface area contributed by atoms with E-state index in [-0.39, 0.29) is 11.7 Å². The van der Waals surface area contributed by atoms with Crippen LogP contribution in [-0.4, -0.2) is 22.0 Å². The molecule has 1 amide bonds. The molecule has 2 aromatic rings. The Hall–Kier alpha value is -2.08. The molecule has 1 heterocycles. The Bertz CT molecular complexity index is 623. The van der Waals surface area contributed by atoms with Gasteiger partial charge in [0.05, 0.1) is 11.4 Å². The molecular weight excluding hydrogens is 274 g/mol. The summed E-state index contributed by atoms with van der Waals surface area (Å²) in [6.07, 6.45) is 0. The van der Waals surface area contributed by atoms with Crippen molar-refractivity contribution in [2.75, 3.05) is 10.6 Å². The average molecular weight is 291 g/mol. The molecule has 106 valence electrons. The third kappa shape index (κ3) is 3.48. The molecule has 1 aromatic carbocycles. The van der Waals surface area contributed by atoms with Crippen LogP contribution in [0, 0.1) is 0 Å². The zero-order chi connectivity index (χ0) is 14.7. The normalized spacial score (nSPS) is 10.6. The fourth-order valence-corrected chi connectivity index (χ4v) is 2.57. The largest absolute Gasteiger partial charge is 0.506 e. The molecular formula is C14H17N3O2S. The summed E-state index contributed by atoms with van der Waals surface area (Å²) in [7, 11) is 0. The number of phenols is 1. The Morgan fingerprint density at radius 1 is 1.40 bits per heavy atom. The molecule has 0 atom stereocenters. The molecule has 0 fully saturated rings. The Kier molecular flexibility index (Phi) is 4.24. The monoisotopic (exact) mass is 291 g/mol. The number of hydrogen-bond acceptors (Lipinski definition) is 5. The van der Waals surface area contributed by atoms with E-state index in [1.54, 1.807) is 18.2 Å². The van der Waals surface area contributed by atoms with Gasteiger partial charge in [0.2, 0.25) is 5.91 Å². The summed E-state index contributed by atoms with van der Waals surface area (Å²) in [5, 5.41) is 18.3. The maximum absolute atomic E-state index is 11.1. The van der Waals surface area contributed by atoms with Crippen LogP contribution in [0.4, 0.5) is 10.8 Å². The van der Waals surface area contributed by atoms with Gasteiger partial charge >= 0.3 is 0 Å². The summed E-state index contributed by atoms with van der Waals surface area (Å²) in [5.74, 6) is -0.183. The van der Waals surface area contributed by atoms with Gasteiger partial charge in [-0.15, -0.1) is 11.3 Å². The topological polar surface area (TPSA) is 74.2 Å². The molecule has 0 aliphatic rings. The zero-order valence-electron chi connectivity index (χ0n) is 11.6. The van der Waals surface area contributed by atoms with E-state index < -0.39 is 0 Å². The lowest BCUT2D eigenvalue weighted by atomic mass is 10.1. The molecule has 1 aromatic heterocycles. The molecule has 0 unspecified atom stereocenters. The highest BCUT2D eigenvalue weighted by Gasteiger charge is 2.09. The first-order chi connectivity index (χ1) is 9.45. The van der Waals surface area contributed by atoms with Gasteiger partial charge < -0.3 is 15.7 Å². The number of anilines is 2. The van der Waals surface area contributed by atoms with Gasteiger partial charge in [-0.2, -0.15) is 0 Å². The van der Waals surface area contributed by atoms with Crippen LogP contribution in [0.5, 0.6) is 5.75 Å². The molecule has 20 heavy (non-hydrogen) atoms. The maximum Gasteiger partial charge on any atom is 0.221 e. The molecule has 0 aliphatic heterocycles. The van der Waals surface area contributed by atoms with Crippen LogP contribution in [0.15, 0.2) is 23.6 Å². The second-order valence-electron chi connectivity index (χ2n) is 4.75. The number of aromatic nitrogens is 1. The first-order valence-electron chi connectivity index (χ1n) is 6.28. The smallest absolute Gasteiger partial charge is 0.221 e. The molecule has 2 rings (SSSR count). The highest BCUT2D eigenvalue weighted by atomic mass is 32.1. The highest BCUT2D eigenvalue weighted by molar-refractivity contribution is 7.14. The van der Waals surface area contributed by atoms with E-state index in [0.29, 0.717) is 11.7 Å². The molecule has 3 N–H and O–H groups in total. The van der Waals surface area contributed by atoms with Gasteiger partial charge in [0.15, 0.2) is 5.13 Å². The fraction of sp³-hybridized carbons (Fsp3) is 0.286. The van der Waals surface area contributed by atoms with Gasteiger partial charge in [0.25, 0.3) is 0 Å². The van der Waals surface area contributed by atoms with Crippen molar-refractivity contribution in [1.82, 2.24) is 4.98 Å². The number of amides is 1. The van der Waals surface area contributed by atoms with Gasteiger partial charge in [-0.3, -0.25) is 4.79 Å². The Balaban J connectivity index is 2.28. The van der Waals surface area contributed by atoms with Crippen molar-refractivity contribution in [1.29, 1.82) is 0 Å². The number of phenolic OH excluding ortho intramolecular Hbond substituents is 1. The molecule has 5 nitrogen and oxygen atoms in total. The minimum atomic E-state index is -0.224. The second-order valence-corrected chi connectivity index (χ2v) is 5.61. The molecule has 0 spiro atoms. The van der Waals surface area contributed by atoms with Gasteiger partial charge in [0.1, 0.15) is 5.75 Å². The van der Waals surface area contributed by atoms with Crippen LogP contribution in [0.25, 0.3) is 11.3 Å². The van der Waals surface area contributed by atoms with Gasteiger partial charge in [0, 0.05) is 23.9 Å². The molecule has 0 aliphatic carbocycles. The summed E-state index contributed by atoms with van der Waals surface area (Å²) in [5.41, 5.74) is 2.05. The molecule has 0 saturated carbocycles. The van der Waals surface area contributed by atoms with E-state index in [9.17, 15) is 9.90 Å². The van der Waals surface area contributed by atoms with Gasteiger partial charge in [-0.1, -0.05) is 0 Å². The number of carbonyl (C=O) groups is 1. The molecule has 0 bridgehead atoms. The van der Waals surface area contributed by atoms with Crippen molar-refractivity contribution >= 4 is 28.1 Å². The van der Waals surface area contributed by atoms with Crippen LogP contribution >= 0.6 is 11.3 Å². The van der Waals surface area contributed by atoms with Crippen molar-refractivity contribution in [3.8, 4) is 17.0 Å². The predicted octanol–water partition coefficient (Wildman–Crippen LogP) is 3.29. The van der Waals surface area contributed by atoms with E-state index in [4.69, 9.17) is 0 Å². The van der Waals surface area contributed by atoms with Crippen LogP contribution in [0.2, 0.25) is 0 Å². The van der Waals surface area contributed by atoms with E-state index >= 15 is 0 Å². The van der Waals surface area contributed by atoms with Crippen molar-refractivity contribution in [3.05, 3.63) is 23.6 Å². The summed E-state index contributed by atoms with van der Waals surface area (Å²) in [4.78, 5) is 15.6. The van der Waals surface area contributed by atoms with Gasteiger partial charge in [-0.05, 0) is 32.0 Å². The van der Waals surface area contributed by atoms with E-state index in [2.05, 4.69) is 29.5 Å².